The molecule has 0 N–H and O–H groups in total. The number of hydrogen-bond acceptors (Lipinski definition) is 1. The summed E-state index contributed by atoms with van der Waals surface area (Å²) in [6.07, 6.45) is 0. The first kappa shape index (κ1) is 11.9. The van der Waals surface area contributed by atoms with Crippen molar-refractivity contribution in [3.8, 4) is 0 Å². The van der Waals surface area contributed by atoms with Crippen LogP contribution >= 0.6 is 0 Å². The van der Waals surface area contributed by atoms with E-state index in [2.05, 4.69) is 6.58 Å². The second-order valence-corrected chi connectivity index (χ2v) is 3.87. The number of nitrogens with zero attached hydrogens (tertiary/aromatic N) is 1. The van der Waals surface area contributed by atoms with Gasteiger partial charge in [0, 0.05) is 24.7 Å². The van der Waals surface area contributed by atoms with Crippen molar-refractivity contribution >= 4 is 0 Å². The molecule has 1 rings (SSSR count). The van der Waals surface area contributed by atoms with Crippen LogP contribution in [-0.4, -0.2) is 18.5 Å². The summed E-state index contributed by atoms with van der Waals surface area (Å²) in [4.78, 5) is 1.93. The van der Waals surface area contributed by atoms with E-state index in [-0.39, 0.29) is 0 Å². The maximum absolute atomic E-state index is 13.3. The lowest BCUT2D eigenvalue weighted by Gasteiger charge is -2.16. The van der Waals surface area contributed by atoms with E-state index in [1.807, 2.05) is 18.9 Å². The van der Waals surface area contributed by atoms with Crippen molar-refractivity contribution < 1.29 is 8.78 Å². The predicted molar refractivity (Wildman–Crippen MR) is 57.5 cm³/mol. The highest BCUT2D eigenvalue weighted by atomic mass is 19.1. The monoisotopic (exact) mass is 211 g/mol. The zero-order valence-corrected chi connectivity index (χ0v) is 9.06. The van der Waals surface area contributed by atoms with Crippen LogP contribution < -0.4 is 0 Å². The number of likely N-dealkylation sites (N-methyl/N-ethyl adjacent to an activating group) is 1. The largest absolute Gasteiger partial charge is 0.298 e. The van der Waals surface area contributed by atoms with Gasteiger partial charge in [-0.2, -0.15) is 0 Å². The van der Waals surface area contributed by atoms with Gasteiger partial charge in [-0.05, 0) is 20.0 Å². The first-order valence-corrected chi connectivity index (χ1v) is 4.76. The Balaban J connectivity index is 2.68. The minimum Gasteiger partial charge on any atom is -0.298 e. The van der Waals surface area contributed by atoms with Gasteiger partial charge in [0.15, 0.2) is 0 Å². The molecule has 1 aromatic rings. The molecule has 0 saturated heterocycles. The van der Waals surface area contributed by atoms with E-state index < -0.39 is 11.6 Å². The second kappa shape index (κ2) is 5.03. The van der Waals surface area contributed by atoms with Crippen LogP contribution in [-0.2, 0) is 6.54 Å². The second-order valence-electron chi connectivity index (χ2n) is 3.87. The van der Waals surface area contributed by atoms with Crippen LogP contribution in [0.1, 0.15) is 12.5 Å². The van der Waals surface area contributed by atoms with Crippen LogP contribution in [0.15, 0.2) is 30.4 Å². The van der Waals surface area contributed by atoms with Crippen LogP contribution in [0, 0.1) is 11.6 Å². The number of halogens is 2. The lowest BCUT2D eigenvalue weighted by atomic mass is 10.2. The van der Waals surface area contributed by atoms with Gasteiger partial charge >= 0.3 is 0 Å². The molecule has 0 aliphatic carbocycles. The molecule has 0 unspecified atom stereocenters. The number of benzene rings is 1. The van der Waals surface area contributed by atoms with Crippen molar-refractivity contribution in [1.82, 2.24) is 4.90 Å². The highest BCUT2D eigenvalue weighted by Gasteiger charge is 2.06. The normalized spacial score (nSPS) is 10.7. The summed E-state index contributed by atoms with van der Waals surface area (Å²) in [5.41, 5.74) is 1.51. The molecule has 0 aliphatic rings. The Bertz CT molecular complexity index is 361. The van der Waals surface area contributed by atoms with Gasteiger partial charge in [0.1, 0.15) is 11.6 Å². The maximum Gasteiger partial charge on any atom is 0.130 e. The average molecular weight is 211 g/mol. The summed E-state index contributed by atoms with van der Waals surface area (Å²) in [5.74, 6) is -1.04. The fraction of sp³-hybridized carbons (Fsp3) is 0.333. The van der Waals surface area contributed by atoms with Gasteiger partial charge in [-0.3, -0.25) is 4.90 Å². The Kier molecular flexibility index (Phi) is 3.97. The highest BCUT2D eigenvalue weighted by molar-refractivity contribution is 5.18. The van der Waals surface area contributed by atoms with E-state index in [0.717, 1.165) is 11.6 Å². The topological polar surface area (TPSA) is 3.24 Å². The van der Waals surface area contributed by atoms with Crippen LogP contribution in [0.2, 0.25) is 0 Å². The Hall–Kier alpha value is -1.22. The molecule has 1 nitrogen and oxygen atoms in total. The zero-order chi connectivity index (χ0) is 11.4. The summed E-state index contributed by atoms with van der Waals surface area (Å²) in [7, 11) is 1.87. The van der Waals surface area contributed by atoms with E-state index in [4.69, 9.17) is 0 Å². The molecular formula is C12H15F2N. The molecule has 0 atom stereocenters. The SMILES string of the molecule is C=C(C)CN(C)Cc1ccc(F)cc1F. The average Bonchev–Trinajstić information content (AvgIpc) is 2.08. The number of rotatable bonds is 4. The molecule has 0 fully saturated rings. The summed E-state index contributed by atoms with van der Waals surface area (Å²) in [6, 6.07) is 3.65. The van der Waals surface area contributed by atoms with Gasteiger partial charge in [-0.25, -0.2) is 8.78 Å². The highest BCUT2D eigenvalue weighted by Crippen LogP contribution is 2.11. The molecular weight excluding hydrogens is 196 g/mol. The van der Waals surface area contributed by atoms with Gasteiger partial charge in [0.05, 0.1) is 0 Å². The quantitative estimate of drug-likeness (QED) is 0.692. The van der Waals surface area contributed by atoms with Crippen LogP contribution in [0.5, 0.6) is 0 Å². The molecule has 15 heavy (non-hydrogen) atoms. The first-order valence-electron chi connectivity index (χ1n) is 4.76. The summed E-state index contributed by atoms with van der Waals surface area (Å²) in [6.45, 7) is 6.85. The first-order chi connectivity index (χ1) is 6.99. The van der Waals surface area contributed by atoms with E-state index in [0.29, 0.717) is 18.7 Å². The van der Waals surface area contributed by atoms with Crippen LogP contribution in [0.4, 0.5) is 8.78 Å². The summed E-state index contributed by atoms with van der Waals surface area (Å²) in [5, 5.41) is 0. The van der Waals surface area contributed by atoms with Crippen molar-refractivity contribution in [2.75, 3.05) is 13.6 Å². The van der Waals surface area contributed by atoms with E-state index >= 15 is 0 Å². The molecule has 0 bridgehead atoms. The fourth-order valence-electron chi connectivity index (χ4n) is 1.46. The van der Waals surface area contributed by atoms with Crippen LogP contribution in [0.3, 0.4) is 0 Å². The van der Waals surface area contributed by atoms with E-state index in [1.54, 1.807) is 0 Å². The molecule has 0 spiro atoms. The number of hydrogen-bond donors (Lipinski definition) is 0. The van der Waals surface area contributed by atoms with Gasteiger partial charge in [0.25, 0.3) is 0 Å². The van der Waals surface area contributed by atoms with Crippen molar-refractivity contribution in [3.05, 3.63) is 47.5 Å². The molecule has 0 aliphatic heterocycles. The molecule has 0 radical (unpaired) electrons. The van der Waals surface area contributed by atoms with Gasteiger partial charge in [-0.15, -0.1) is 0 Å². The van der Waals surface area contributed by atoms with Crippen molar-refractivity contribution in [2.24, 2.45) is 0 Å². The third-order valence-electron chi connectivity index (χ3n) is 2.00. The Labute approximate surface area is 89.0 Å². The molecule has 0 saturated carbocycles. The molecule has 3 heteroatoms. The van der Waals surface area contributed by atoms with Gasteiger partial charge in [0.2, 0.25) is 0 Å². The zero-order valence-electron chi connectivity index (χ0n) is 9.06. The van der Waals surface area contributed by atoms with E-state index in [9.17, 15) is 8.78 Å². The molecule has 82 valence electrons. The minimum absolute atomic E-state index is 0.457. The third-order valence-corrected chi connectivity index (χ3v) is 2.00. The molecule has 1 aromatic carbocycles. The standard InChI is InChI=1S/C12H15F2N/c1-9(2)7-15(3)8-10-4-5-11(13)6-12(10)14/h4-6H,1,7-8H2,2-3H3. The summed E-state index contributed by atoms with van der Waals surface area (Å²) < 4.78 is 25.9. The lowest BCUT2D eigenvalue weighted by Crippen LogP contribution is -2.20. The van der Waals surface area contributed by atoms with E-state index in [1.165, 1.54) is 12.1 Å². The minimum atomic E-state index is -0.543. The maximum atomic E-state index is 13.3. The van der Waals surface area contributed by atoms with Crippen molar-refractivity contribution in [1.29, 1.82) is 0 Å². The molecule has 0 aromatic heterocycles. The predicted octanol–water partition coefficient (Wildman–Crippen LogP) is 2.97. The third kappa shape index (κ3) is 3.80. The van der Waals surface area contributed by atoms with Crippen molar-refractivity contribution in [3.63, 3.8) is 0 Å². The fourth-order valence-corrected chi connectivity index (χ4v) is 1.46. The Morgan fingerprint density at radius 2 is 2.07 bits per heavy atom. The Morgan fingerprint density at radius 1 is 1.40 bits per heavy atom. The van der Waals surface area contributed by atoms with Crippen LogP contribution in [0.25, 0.3) is 0 Å². The smallest absolute Gasteiger partial charge is 0.130 e. The van der Waals surface area contributed by atoms with Gasteiger partial charge < -0.3 is 0 Å². The molecule has 0 amide bonds. The Morgan fingerprint density at radius 3 is 2.60 bits per heavy atom. The van der Waals surface area contributed by atoms with Crippen molar-refractivity contribution in [2.45, 2.75) is 13.5 Å². The summed E-state index contributed by atoms with van der Waals surface area (Å²) >= 11 is 0. The molecule has 0 heterocycles. The van der Waals surface area contributed by atoms with Gasteiger partial charge in [-0.1, -0.05) is 18.2 Å². The lowest BCUT2D eigenvalue weighted by molar-refractivity contribution is 0.348.